The molecule has 18 heteroatoms. The van der Waals surface area contributed by atoms with Gasteiger partial charge in [-0.05, 0) is 35.8 Å². The molecule has 0 radical (unpaired) electrons. The first-order valence-corrected chi connectivity index (χ1v) is 13.8. The van der Waals surface area contributed by atoms with Crippen LogP contribution >= 0.6 is 7.92 Å². The van der Waals surface area contributed by atoms with E-state index in [4.69, 9.17) is 0 Å². The summed E-state index contributed by atoms with van der Waals surface area (Å²) in [4.78, 5) is 0. The van der Waals surface area contributed by atoms with Crippen LogP contribution in [0.5, 0.6) is 0 Å². The molecule has 0 atom stereocenters. The maximum atomic E-state index is 14.7. The molecule has 0 N–H and O–H groups in total. The van der Waals surface area contributed by atoms with Crippen molar-refractivity contribution < 1.29 is 74.6 Å². The summed E-state index contributed by atoms with van der Waals surface area (Å²) in [6, 6.07) is 21.1. The summed E-state index contributed by atoms with van der Waals surface area (Å²) >= 11 is 0. The van der Waals surface area contributed by atoms with E-state index >= 15 is 0 Å². The van der Waals surface area contributed by atoms with Crippen LogP contribution in [0.25, 0.3) is 0 Å². The minimum absolute atomic E-state index is 0.173. The predicted molar refractivity (Wildman–Crippen MR) is 134 cm³/mol. The summed E-state index contributed by atoms with van der Waals surface area (Å²) in [6.07, 6.45) is -11.6. The van der Waals surface area contributed by atoms with E-state index in [1.165, 1.54) is 18.2 Å². The van der Waals surface area contributed by atoms with Gasteiger partial charge in [0.05, 0.1) is 0 Å². The van der Waals surface area contributed by atoms with Crippen molar-refractivity contribution in [1.82, 2.24) is 0 Å². The second-order valence-corrected chi connectivity index (χ2v) is 12.0. The van der Waals surface area contributed by atoms with E-state index in [9.17, 15) is 74.6 Å². The molecule has 46 heavy (non-hydrogen) atoms. The highest BCUT2D eigenvalue weighted by Gasteiger charge is 2.95. The van der Waals surface area contributed by atoms with Crippen LogP contribution in [0.3, 0.4) is 0 Å². The van der Waals surface area contributed by atoms with Gasteiger partial charge in [0.2, 0.25) is 0 Å². The molecule has 254 valence electrons. The molecule has 0 heterocycles. The normalized spacial score (nSPS) is 14.6. The Bertz CT molecular complexity index is 1430. The van der Waals surface area contributed by atoms with Crippen molar-refractivity contribution >= 4 is 23.8 Å². The average Bonchev–Trinajstić information content (AvgIpc) is 2.96. The van der Waals surface area contributed by atoms with Gasteiger partial charge in [0.25, 0.3) is 0 Å². The molecule has 0 aliphatic carbocycles. The molecule has 0 aliphatic rings. The van der Waals surface area contributed by atoms with E-state index in [2.05, 4.69) is 0 Å². The topological polar surface area (TPSA) is 0 Å². The Kier molecular flexibility index (Phi) is 9.88. The van der Waals surface area contributed by atoms with E-state index in [0.717, 1.165) is 6.07 Å². The van der Waals surface area contributed by atoms with Crippen molar-refractivity contribution in [2.45, 2.75) is 60.5 Å². The lowest BCUT2D eigenvalue weighted by Gasteiger charge is -2.42. The van der Waals surface area contributed by atoms with Gasteiger partial charge in [-0.2, -0.15) is 74.6 Å². The second kappa shape index (κ2) is 12.2. The number of halogens is 17. The lowest BCUT2D eigenvalue weighted by Crippen LogP contribution is -2.74. The van der Waals surface area contributed by atoms with Gasteiger partial charge < -0.3 is 0 Å². The highest BCUT2D eigenvalue weighted by atomic mass is 31.1. The van der Waals surface area contributed by atoms with Gasteiger partial charge in [0.15, 0.2) is 0 Å². The first kappa shape index (κ1) is 37.4. The third-order valence-electron chi connectivity index (χ3n) is 6.76. The van der Waals surface area contributed by atoms with Gasteiger partial charge in [-0.1, -0.05) is 84.9 Å². The standard InChI is InChI=1S/C28H18F17P/c29-21(30,22(31,32)23(33,34)24(35,36)25(37,38)26(39,40)27(41,42)28(43,44)45)16-15-17-9-7-8-14-20(17)46(18-10-3-1-4-11-18)19-12-5-2-6-13-19/h1-14H,15-16H2. The van der Waals surface area contributed by atoms with Crippen LogP contribution in [0, 0.1) is 0 Å². The van der Waals surface area contributed by atoms with Crippen molar-refractivity contribution in [2.75, 3.05) is 0 Å². The Balaban J connectivity index is 2.02. The lowest BCUT2D eigenvalue weighted by atomic mass is 9.87. The smallest absolute Gasteiger partial charge is 0.200 e. The quantitative estimate of drug-likeness (QED) is 0.130. The van der Waals surface area contributed by atoms with Crippen molar-refractivity contribution in [3.05, 3.63) is 90.5 Å². The van der Waals surface area contributed by atoms with E-state index in [1.54, 1.807) is 60.7 Å². The molecule has 3 aromatic rings. The number of hydrogen-bond donors (Lipinski definition) is 0. The largest absolute Gasteiger partial charge is 0.460 e. The van der Waals surface area contributed by atoms with Gasteiger partial charge in [0, 0.05) is 6.42 Å². The van der Waals surface area contributed by atoms with Gasteiger partial charge in [-0.25, -0.2) is 0 Å². The second-order valence-electron chi connectivity index (χ2n) is 9.78. The van der Waals surface area contributed by atoms with Gasteiger partial charge in [0.1, 0.15) is 0 Å². The maximum Gasteiger partial charge on any atom is 0.460 e. The van der Waals surface area contributed by atoms with Crippen molar-refractivity contribution in [3.8, 4) is 0 Å². The molecule has 0 spiro atoms. The average molecular weight is 708 g/mol. The molecule has 0 unspecified atom stereocenters. The van der Waals surface area contributed by atoms with Gasteiger partial charge >= 0.3 is 47.6 Å². The Morgan fingerprint density at radius 3 is 1.15 bits per heavy atom. The molecule has 0 aliphatic heterocycles. The van der Waals surface area contributed by atoms with E-state index in [1.807, 2.05) is 0 Å². The molecule has 3 aromatic carbocycles. The summed E-state index contributed by atoms with van der Waals surface area (Å²) in [6.45, 7) is 0. The molecule has 0 saturated heterocycles. The van der Waals surface area contributed by atoms with Crippen molar-refractivity contribution in [1.29, 1.82) is 0 Å². The van der Waals surface area contributed by atoms with E-state index in [-0.39, 0.29) is 10.9 Å². The molecule has 0 aromatic heterocycles. The molecular weight excluding hydrogens is 690 g/mol. The van der Waals surface area contributed by atoms with Crippen LogP contribution in [0.2, 0.25) is 0 Å². The molecule has 0 saturated carbocycles. The van der Waals surface area contributed by atoms with E-state index < -0.39 is 68.4 Å². The Labute approximate surface area is 250 Å². The number of rotatable bonds is 12. The highest BCUT2D eigenvalue weighted by Crippen LogP contribution is 2.64. The van der Waals surface area contributed by atoms with Crippen LogP contribution in [0.1, 0.15) is 12.0 Å². The molecule has 0 bridgehead atoms. The fourth-order valence-electron chi connectivity index (χ4n) is 4.17. The fourth-order valence-corrected chi connectivity index (χ4v) is 6.67. The van der Waals surface area contributed by atoms with Crippen molar-refractivity contribution in [3.63, 3.8) is 0 Å². The number of alkyl halides is 17. The van der Waals surface area contributed by atoms with Crippen LogP contribution in [0.15, 0.2) is 84.9 Å². The molecule has 3 rings (SSSR count). The molecular formula is C28H18F17P. The number of benzene rings is 3. The first-order valence-electron chi connectivity index (χ1n) is 12.5. The summed E-state index contributed by atoms with van der Waals surface area (Å²) < 4.78 is 232. The predicted octanol–water partition coefficient (Wildman–Crippen LogP) is 9.39. The zero-order valence-corrected chi connectivity index (χ0v) is 23.3. The Morgan fingerprint density at radius 2 is 0.739 bits per heavy atom. The zero-order chi connectivity index (χ0) is 35.2. The third-order valence-corrected chi connectivity index (χ3v) is 9.30. The van der Waals surface area contributed by atoms with Gasteiger partial charge in [-0.15, -0.1) is 0 Å². The van der Waals surface area contributed by atoms with E-state index in [0.29, 0.717) is 10.6 Å². The zero-order valence-electron chi connectivity index (χ0n) is 22.4. The molecule has 0 fully saturated rings. The Hall–Kier alpha value is -3.10. The van der Waals surface area contributed by atoms with Gasteiger partial charge in [-0.3, -0.25) is 0 Å². The minimum Gasteiger partial charge on any atom is -0.200 e. The van der Waals surface area contributed by atoms with Crippen LogP contribution in [-0.2, 0) is 6.42 Å². The van der Waals surface area contributed by atoms with Crippen LogP contribution in [-0.4, -0.2) is 47.6 Å². The fraction of sp³-hybridized carbons (Fsp3) is 0.357. The molecule has 0 amide bonds. The highest BCUT2D eigenvalue weighted by molar-refractivity contribution is 7.79. The monoisotopic (exact) mass is 708 g/mol. The SMILES string of the molecule is FC(F)(F)C(F)(F)C(F)(F)C(F)(F)C(F)(F)C(F)(F)C(F)(F)C(F)(F)CCc1ccccc1P(c1ccccc1)c1ccccc1. The first-order chi connectivity index (χ1) is 20.8. The third kappa shape index (κ3) is 5.92. The Morgan fingerprint density at radius 1 is 0.391 bits per heavy atom. The minimum atomic E-state index is -8.64. The molecule has 0 nitrogen and oxygen atoms in total. The lowest BCUT2D eigenvalue weighted by molar-refractivity contribution is -0.461. The van der Waals surface area contributed by atoms with Crippen LogP contribution < -0.4 is 15.9 Å². The summed E-state index contributed by atoms with van der Waals surface area (Å²) in [5, 5.41) is 1.31. The van der Waals surface area contributed by atoms with Crippen molar-refractivity contribution in [2.24, 2.45) is 0 Å². The number of aryl methyl sites for hydroxylation is 1. The summed E-state index contributed by atoms with van der Waals surface area (Å²) in [5.74, 6) is -56.4. The summed E-state index contributed by atoms with van der Waals surface area (Å²) in [5.41, 5.74) is -0.242. The maximum absolute atomic E-state index is 14.7. The number of hydrogen-bond acceptors (Lipinski definition) is 0. The summed E-state index contributed by atoms with van der Waals surface area (Å²) in [7, 11) is -1.68. The van der Waals surface area contributed by atoms with Crippen LogP contribution in [0.4, 0.5) is 74.6 Å².